The molecule has 1 aliphatic rings. The molecule has 1 aromatic heterocycles. The highest BCUT2D eigenvalue weighted by Gasteiger charge is 2.31. The molecule has 1 aliphatic heterocycles. The number of carbonyl (C=O) groups is 1. The smallest absolute Gasteiger partial charge is 0.277 e. The first kappa shape index (κ1) is 21.4. The number of ether oxygens (including phenoxy) is 1. The molecule has 3 rings (SSSR count). The van der Waals surface area contributed by atoms with Crippen molar-refractivity contribution < 1.29 is 27.3 Å². The van der Waals surface area contributed by atoms with Crippen LogP contribution in [0.3, 0.4) is 0 Å². The zero-order chi connectivity index (χ0) is 21.0. The number of hydrogen-bond acceptors (Lipinski definition) is 5. The molecular weight excluding hydrogens is 394 g/mol. The third-order valence-electron chi connectivity index (χ3n) is 5.14. The molecule has 0 saturated carbocycles. The monoisotopic (exact) mass is 422 g/mol. The predicted molar refractivity (Wildman–Crippen MR) is 107 cm³/mol. The van der Waals surface area contributed by atoms with E-state index >= 15 is 0 Å². The summed E-state index contributed by atoms with van der Waals surface area (Å²) in [6.45, 7) is 4.60. The van der Waals surface area contributed by atoms with Gasteiger partial charge in [0.15, 0.2) is 6.54 Å². The third kappa shape index (κ3) is 5.17. The van der Waals surface area contributed by atoms with Crippen molar-refractivity contribution >= 4 is 15.9 Å². The van der Waals surface area contributed by atoms with E-state index in [0.717, 1.165) is 16.4 Å². The number of nitrogens with one attached hydrogen (secondary N) is 1. The number of aryl methyl sites for hydroxylation is 1. The van der Waals surface area contributed by atoms with Gasteiger partial charge in [0, 0.05) is 7.05 Å². The van der Waals surface area contributed by atoms with Gasteiger partial charge in [-0.3, -0.25) is 4.79 Å². The lowest BCUT2D eigenvalue weighted by Crippen LogP contribution is -3.15. The number of rotatable bonds is 7. The number of nitrogens with zero attached hydrogens (tertiary/aromatic N) is 2. The van der Waals surface area contributed by atoms with Crippen LogP contribution in [0, 0.1) is 6.92 Å². The maximum absolute atomic E-state index is 12.8. The number of carbonyl (C=O) groups excluding carboxylic acids is 1. The Morgan fingerprint density at radius 1 is 1.17 bits per heavy atom. The fourth-order valence-corrected chi connectivity index (χ4v) is 4.80. The van der Waals surface area contributed by atoms with Crippen LogP contribution in [0.4, 0.5) is 0 Å². The molecule has 8 nitrogen and oxygen atoms in total. The van der Waals surface area contributed by atoms with Crippen molar-refractivity contribution in [2.75, 3.05) is 46.9 Å². The van der Waals surface area contributed by atoms with E-state index < -0.39 is 10.0 Å². The van der Waals surface area contributed by atoms with Crippen molar-refractivity contribution in [1.29, 1.82) is 0 Å². The Morgan fingerprint density at radius 3 is 2.38 bits per heavy atom. The Labute approximate surface area is 171 Å². The van der Waals surface area contributed by atoms with Gasteiger partial charge in [0.05, 0.1) is 44.7 Å². The molecule has 0 atom stereocenters. The molecule has 9 heteroatoms. The topological polar surface area (TPSA) is 84.5 Å². The second-order valence-electron chi connectivity index (χ2n) is 7.27. The predicted octanol–water partition coefficient (Wildman–Crippen LogP) is 0.144. The molecule has 2 aromatic rings. The Morgan fingerprint density at radius 2 is 1.83 bits per heavy atom. The normalized spacial score (nSPS) is 16.0. The summed E-state index contributed by atoms with van der Waals surface area (Å²) >= 11 is 0. The lowest BCUT2D eigenvalue weighted by molar-refractivity contribution is -0.896. The van der Waals surface area contributed by atoms with Gasteiger partial charge in [-0.2, -0.15) is 4.31 Å². The van der Waals surface area contributed by atoms with Gasteiger partial charge in [0.1, 0.15) is 17.3 Å². The van der Waals surface area contributed by atoms with Crippen molar-refractivity contribution in [2.45, 2.75) is 18.4 Å². The van der Waals surface area contributed by atoms with Crippen LogP contribution in [0.15, 0.2) is 45.7 Å². The van der Waals surface area contributed by atoms with Crippen LogP contribution in [-0.2, 0) is 21.4 Å². The fraction of sp³-hybridized carbons (Fsp3) is 0.450. The average Bonchev–Trinajstić information content (AvgIpc) is 3.13. The van der Waals surface area contributed by atoms with Crippen LogP contribution in [-0.4, -0.2) is 70.4 Å². The summed E-state index contributed by atoms with van der Waals surface area (Å²) in [6, 6.07) is 10.1. The van der Waals surface area contributed by atoms with Gasteiger partial charge in [0.25, 0.3) is 5.91 Å². The van der Waals surface area contributed by atoms with Crippen LogP contribution in [0.5, 0.6) is 5.75 Å². The van der Waals surface area contributed by atoms with Crippen molar-refractivity contribution in [3.05, 3.63) is 47.9 Å². The van der Waals surface area contributed by atoms with Crippen LogP contribution >= 0.6 is 0 Å². The van der Waals surface area contributed by atoms with E-state index in [1.54, 1.807) is 43.3 Å². The average molecular weight is 423 g/mol. The van der Waals surface area contributed by atoms with E-state index in [2.05, 4.69) is 0 Å². The molecule has 0 bridgehead atoms. The lowest BCUT2D eigenvalue weighted by atomic mass is 10.3. The zero-order valence-electron chi connectivity index (χ0n) is 17.1. The maximum atomic E-state index is 12.8. The molecule has 0 radical (unpaired) electrons. The van der Waals surface area contributed by atoms with Gasteiger partial charge in [-0.15, -0.1) is 0 Å². The second kappa shape index (κ2) is 8.98. The van der Waals surface area contributed by atoms with Gasteiger partial charge in [-0.05, 0) is 43.3 Å². The van der Waals surface area contributed by atoms with E-state index in [-0.39, 0.29) is 10.8 Å². The van der Waals surface area contributed by atoms with Crippen molar-refractivity contribution in [3.63, 3.8) is 0 Å². The fourth-order valence-electron chi connectivity index (χ4n) is 3.36. The maximum Gasteiger partial charge on any atom is 0.277 e. The van der Waals surface area contributed by atoms with Crippen molar-refractivity contribution in [1.82, 2.24) is 9.21 Å². The van der Waals surface area contributed by atoms with Crippen molar-refractivity contribution in [3.8, 4) is 5.75 Å². The van der Waals surface area contributed by atoms with Gasteiger partial charge >= 0.3 is 0 Å². The summed E-state index contributed by atoms with van der Waals surface area (Å²) in [5.74, 6) is 2.20. The number of piperazine rings is 1. The minimum Gasteiger partial charge on any atom is -0.497 e. The molecule has 29 heavy (non-hydrogen) atoms. The van der Waals surface area contributed by atoms with Gasteiger partial charge in [-0.1, -0.05) is 0 Å². The molecule has 158 valence electrons. The molecular formula is C20H28N3O5S+. The summed E-state index contributed by atoms with van der Waals surface area (Å²) in [4.78, 5) is 15.5. The summed E-state index contributed by atoms with van der Waals surface area (Å²) < 4.78 is 37.7. The number of hydrogen-bond donors (Lipinski definition) is 1. The number of quaternary nitrogens is 1. The minimum atomic E-state index is -3.54. The quantitative estimate of drug-likeness (QED) is 0.687. The summed E-state index contributed by atoms with van der Waals surface area (Å²) in [5, 5.41) is 0. The number of sulfonamides is 1. The van der Waals surface area contributed by atoms with Crippen molar-refractivity contribution in [2.24, 2.45) is 0 Å². The Hall–Kier alpha value is -2.36. The SMILES string of the molecule is COc1ccc(S(=O)(=O)N2CC[NH+](CC(=O)N(C)Cc3ccc(C)o3)CC2)cc1. The van der Waals surface area contributed by atoms with Crippen LogP contribution in [0.25, 0.3) is 0 Å². The minimum absolute atomic E-state index is 0.0144. The van der Waals surface area contributed by atoms with E-state index in [1.165, 1.54) is 4.31 Å². The van der Waals surface area contributed by atoms with E-state index in [4.69, 9.17) is 9.15 Å². The molecule has 0 unspecified atom stereocenters. The van der Waals surface area contributed by atoms with E-state index in [9.17, 15) is 13.2 Å². The number of likely N-dealkylation sites (N-methyl/N-ethyl adjacent to an activating group) is 1. The Bertz CT molecular complexity index is 931. The molecule has 1 saturated heterocycles. The number of furan rings is 1. The second-order valence-corrected chi connectivity index (χ2v) is 9.21. The highest BCUT2D eigenvalue weighted by molar-refractivity contribution is 7.89. The first-order valence-corrected chi connectivity index (χ1v) is 11.0. The van der Waals surface area contributed by atoms with Crippen LogP contribution in [0.2, 0.25) is 0 Å². The Kier molecular flexibility index (Phi) is 6.61. The Balaban J connectivity index is 1.52. The molecule has 1 aromatic carbocycles. The standard InChI is InChI=1S/C20H27N3O5S/c1-16-4-5-18(28-16)14-21(2)20(24)15-22-10-12-23(13-11-22)29(25,26)19-8-6-17(27-3)7-9-19/h4-9H,10-15H2,1-3H3/p+1. The van der Waals surface area contributed by atoms with E-state index in [1.807, 2.05) is 19.1 Å². The zero-order valence-corrected chi connectivity index (χ0v) is 17.9. The van der Waals surface area contributed by atoms with Crippen LogP contribution < -0.4 is 9.64 Å². The largest absolute Gasteiger partial charge is 0.497 e. The highest BCUT2D eigenvalue weighted by atomic mass is 32.2. The molecule has 1 amide bonds. The van der Waals surface area contributed by atoms with Crippen LogP contribution in [0.1, 0.15) is 11.5 Å². The van der Waals surface area contributed by atoms with Gasteiger partial charge in [-0.25, -0.2) is 8.42 Å². The lowest BCUT2D eigenvalue weighted by Gasteiger charge is -2.31. The molecule has 0 aliphatic carbocycles. The number of benzene rings is 1. The summed E-state index contributed by atoms with van der Waals surface area (Å²) in [5.41, 5.74) is 0. The summed E-state index contributed by atoms with van der Waals surface area (Å²) in [7, 11) is -0.241. The van der Waals surface area contributed by atoms with E-state index in [0.29, 0.717) is 45.0 Å². The molecule has 0 spiro atoms. The highest BCUT2D eigenvalue weighted by Crippen LogP contribution is 2.19. The molecule has 1 N–H and O–H groups in total. The molecule has 2 heterocycles. The van der Waals surface area contributed by atoms with Gasteiger partial charge < -0.3 is 19.0 Å². The first-order valence-electron chi connectivity index (χ1n) is 9.56. The third-order valence-corrected chi connectivity index (χ3v) is 7.06. The number of amides is 1. The number of methoxy groups -OCH3 is 1. The first-order chi connectivity index (χ1) is 13.8. The van der Waals surface area contributed by atoms with Gasteiger partial charge in [0.2, 0.25) is 10.0 Å². The summed E-state index contributed by atoms with van der Waals surface area (Å²) in [6.07, 6.45) is 0. The molecule has 1 fully saturated rings.